The van der Waals surface area contributed by atoms with Crippen LogP contribution in [0.5, 0.6) is 34.5 Å². The Kier molecular flexibility index (Phi) is 31.6. The number of Topliss-reactive ketones (excluding diaryl/α,β-unsaturated/α-hetero) is 2. The van der Waals surface area contributed by atoms with Crippen molar-refractivity contribution < 1.29 is 123 Å². The van der Waals surface area contributed by atoms with Crippen LogP contribution in [0.1, 0.15) is 145 Å². The van der Waals surface area contributed by atoms with Gasteiger partial charge in [0.1, 0.15) is 60.9 Å². The van der Waals surface area contributed by atoms with Crippen molar-refractivity contribution in [1.29, 1.82) is 0 Å². The molecule has 0 unspecified atom stereocenters. The van der Waals surface area contributed by atoms with E-state index in [0.29, 0.717) is 45.5 Å². The summed E-state index contributed by atoms with van der Waals surface area (Å²) in [6.45, 7) is 17.7. The number of esters is 8. The Hall–Kier alpha value is -13.9. The number of carbonyl (C=O) groups is 12. The maximum atomic E-state index is 13.9. The minimum Gasteiger partial charge on any atom is -0.465 e. The van der Waals surface area contributed by atoms with E-state index in [1.165, 1.54) is 121 Å². The Morgan fingerprint density at radius 3 is 0.966 bits per heavy atom. The van der Waals surface area contributed by atoms with Crippen molar-refractivity contribution in [1.82, 2.24) is 0 Å². The lowest BCUT2D eigenvalue weighted by atomic mass is 9.94. The molecule has 0 saturated heterocycles. The highest BCUT2D eigenvalue weighted by Crippen LogP contribution is 2.34. The third kappa shape index (κ3) is 27.2. The lowest BCUT2D eigenvalue weighted by Gasteiger charge is -2.24. The second-order valence-corrected chi connectivity index (χ2v) is 27.3. The number of rotatable bonds is 35. The Balaban J connectivity index is 0.000000322. The van der Waals surface area contributed by atoms with Gasteiger partial charge in [-0.15, -0.1) is 0 Å². The second kappa shape index (κ2) is 41.0. The molecule has 0 aliphatic carbocycles. The summed E-state index contributed by atoms with van der Waals surface area (Å²) in [7, 11) is 3.60. The van der Waals surface area contributed by atoms with E-state index in [1.54, 1.807) is 93.7 Å². The first-order valence-corrected chi connectivity index (χ1v) is 35.5. The number of alkyl halides is 3. The minimum absolute atomic E-state index is 0.00519. The number of hydrogen-bond donors (Lipinski definition) is 4. The molecule has 30 heteroatoms. The monoisotopic (exact) mass is 1600 g/mol. The molecule has 4 N–H and O–H groups in total. The van der Waals surface area contributed by atoms with E-state index in [4.69, 9.17) is 47.4 Å². The number of anilines is 4. The number of benzene rings is 8. The predicted octanol–water partition coefficient (Wildman–Crippen LogP) is 16.0. The zero-order chi connectivity index (χ0) is 85.2. The van der Waals surface area contributed by atoms with Crippen molar-refractivity contribution in [3.63, 3.8) is 0 Å². The van der Waals surface area contributed by atoms with E-state index in [-0.39, 0.29) is 107 Å². The predicted molar refractivity (Wildman–Crippen MR) is 420 cm³/mol. The van der Waals surface area contributed by atoms with Gasteiger partial charge >= 0.3 is 53.9 Å². The van der Waals surface area contributed by atoms with Crippen LogP contribution in [0.4, 0.5) is 35.9 Å². The fourth-order valence-corrected chi connectivity index (χ4v) is 10.0. The third-order valence-electron chi connectivity index (χ3n) is 16.2. The summed E-state index contributed by atoms with van der Waals surface area (Å²) >= 11 is 0. The third-order valence-corrected chi connectivity index (χ3v) is 16.2. The van der Waals surface area contributed by atoms with Gasteiger partial charge in [0.15, 0.2) is 11.6 Å². The van der Waals surface area contributed by atoms with Crippen LogP contribution in [0.15, 0.2) is 194 Å². The average Bonchev–Trinajstić information content (AvgIpc) is 0.800. The van der Waals surface area contributed by atoms with E-state index in [2.05, 4.69) is 39.2 Å². The summed E-state index contributed by atoms with van der Waals surface area (Å²) < 4.78 is 96.5. The second-order valence-electron chi connectivity index (χ2n) is 27.3. The molecule has 116 heavy (non-hydrogen) atoms. The summed E-state index contributed by atoms with van der Waals surface area (Å²) in [5.41, 5.74) is 0.952. The molecule has 0 aliphatic heterocycles. The molecule has 0 heterocycles. The van der Waals surface area contributed by atoms with Crippen molar-refractivity contribution in [2.45, 2.75) is 68.5 Å². The van der Waals surface area contributed by atoms with Gasteiger partial charge in [-0.25, -0.2) is 33.6 Å². The van der Waals surface area contributed by atoms with Crippen molar-refractivity contribution in [3.05, 3.63) is 239 Å². The lowest BCUT2D eigenvalue weighted by molar-refractivity contribution is -0.202. The van der Waals surface area contributed by atoms with Gasteiger partial charge in [0.05, 0.1) is 59.8 Å². The van der Waals surface area contributed by atoms with Crippen molar-refractivity contribution >= 4 is 93.9 Å². The highest BCUT2D eigenvalue weighted by atomic mass is 19.4. The van der Waals surface area contributed by atoms with E-state index in [1.807, 2.05) is 31.3 Å². The Morgan fingerprint density at radius 2 is 0.612 bits per heavy atom. The van der Waals surface area contributed by atoms with Crippen LogP contribution in [0.2, 0.25) is 0 Å². The molecule has 0 atom stereocenters. The summed E-state index contributed by atoms with van der Waals surface area (Å²) in [6, 6.07) is 44.2. The molecule has 0 aromatic heterocycles. The van der Waals surface area contributed by atoms with Crippen molar-refractivity contribution in [2.24, 2.45) is 10.8 Å². The van der Waals surface area contributed by atoms with Crippen molar-refractivity contribution in [3.8, 4) is 45.6 Å². The summed E-state index contributed by atoms with van der Waals surface area (Å²) in [5.74, 6) is -7.64. The minimum atomic E-state index is -5.21. The number of halogens is 3. The molecular formula is C86H85F3N4O23. The number of amides is 2. The van der Waals surface area contributed by atoms with Gasteiger partial charge in [-0.05, 0) is 197 Å². The smallest absolute Gasteiger partial charge is 0.465 e. The van der Waals surface area contributed by atoms with Crippen LogP contribution < -0.4 is 35.5 Å². The molecule has 8 aromatic carbocycles. The highest BCUT2D eigenvalue weighted by Gasteiger charge is 2.42. The molecule has 0 aliphatic rings. The normalized spacial score (nSPS) is 10.9. The van der Waals surface area contributed by atoms with E-state index < -0.39 is 101 Å². The average molecular weight is 1600 g/mol. The first-order chi connectivity index (χ1) is 54.8. The zero-order valence-electron chi connectivity index (χ0n) is 65.3. The molecule has 0 radical (unpaired) electrons. The lowest BCUT2D eigenvalue weighted by Crippen LogP contribution is -2.33. The molecule has 0 fully saturated rings. The molecule has 0 spiro atoms. The number of hydrogen-bond acceptors (Lipinski definition) is 25. The fraction of sp³-hybridized carbons (Fsp3) is 0.256. The quantitative estimate of drug-likeness (QED) is 0.00942. The van der Waals surface area contributed by atoms with E-state index in [9.17, 15) is 70.7 Å². The van der Waals surface area contributed by atoms with Crippen LogP contribution >= 0.6 is 0 Å². The molecule has 0 saturated carbocycles. The molecular weight excluding hydrogens is 1510 g/mol. The molecule has 2 amide bonds. The molecule has 608 valence electrons. The summed E-state index contributed by atoms with van der Waals surface area (Å²) in [5, 5.41) is 11.5. The molecule has 8 aromatic rings. The maximum absolute atomic E-state index is 13.9. The van der Waals surface area contributed by atoms with Gasteiger partial charge in [-0.1, -0.05) is 53.0 Å². The van der Waals surface area contributed by atoms with Gasteiger partial charge in [0, 0.05) is 76.9 Å². The maximum Gasteiger partial charge on any atom is 0.490 e. The summed E-state index contributed by atoms with van der Waals surface area (Å²) in [4.78, 5) is 151. The van der Waals surface area contributed by atoms with Gasteiger partial charge < -0.3 is 73.4 Å². The number of carbonyl (C=O) groups excluding carboxylic acids is 12. The van der Waals surface area contributed by atoms with Crippen LogP contribution in [0.25, 0.3) is 11.1 Å². The summed E-state index contributed by atoms with van der Waals surface area (Å²) in [6.07, 6.45) is -5.21. The van der Waals surface area contributed by atoms with E-state index in [0.717, 1.165) is 11.4 Å². The molecule has 27 nitrogen and oxygen atoms in total. The fourth-order valence-electron chi connectivity index (χ4n) is 10.0. The zero-order valence-corrected chi connectivity index (χ0v) is 65.3. The molecule has 8 rings (SSSR count). The first-order valence-electron chi connectivity index (χ1n) is 35.5. The van der Waals surface area contributed by atoms with Crippen LogP contribution in [0, 0.1) is 10.8 Å². The van der Waals surface area contributed by atoms with Crippen LogP contribution in [0.3, 0.4) is 0 Å². The van der Waals surface area contributed by atoms with Gasteiger partial charge in [0.2, 0.25) is 0 Å². The van der Waals surface area contributed by atoms with Crippen LogP contribution in [-0.4, -0.2) is 144 Å². The van der Waals surface area contributed by atoms with Gasteiger partial charge in [0.25, 0.3) is 11.8 Å². The first kappa shape index (κ1) is 89.3. The van der Waals surface area contributed by atoms with Crippen LogP contribution in [-0.2, 0) is 57.1 Å². The Bertz CT molecular complexity index is 5000. The largest absolute Gasteiger partial charge is 0.490 e. The number of nitrogens with one attached hydrogen (secondary N) is 4. The Morgan fingerprint density at radius 1 is 0.328 bits per heavy atom. The SMILES string of the molecule is C=C(C)C(=O)OCCOC(=O)c1ccc(Oc2ccc(C(=O)OCCOC(=O)C(=C)C)c(C(=O)Nc3ccc(Oc4ccc(NC)cc4)cc3)c2)cc1C(C)=O.CNc1ccc(Oc2ccc(NC(=O)c3cc(-c4ccc(C(=O)OCC(C)(C)COC(C)=O)c(C(C)=O)c4)ccc3C(=O)OCC(C)(C)COC(=O)C(F)(F)F)cc2)cc1. The standard InChI is InChI=1S/C44H45F3N2O11.C42H40N2O12/c1-26(50)36-20-28(8-18-34(36)39(53)57-23-42(3,4)22-56-27(2)51)29-9-19-35(40(54)58-24-43(5,6)25-59-41(55)44(45,46)47)37(21-29)38(52)49-31-12-16-33(17-13-31)60-32-14-10-30(48-7)11-15-32;1-25(2)39(47)51-19-21-53-41(49)34-17-15-32(23-36(34)27(5)45)56-33-16-18-35(42(50)54-22-20-52-40(48)26(3)4)37(24-33)38(46)44-29-9-13-31(14-10-29)55-30-11-7-28(43-6)8-12-30/h8-21,48H,22-25H2,1-7H3,(H,49,52);7-18,23-24,43H,1,3,19-22H2,2,4-6H3,(H,44,46). The topological polar surface area (TPSA) is 354 Å². The highest BCUT2D eigenvalue weighted by molar-refractivity contribution is 6.13. The van der Waals surface area contributed by atoms with Gasteiger partial charge in [-0.2, -0.15) is 13.2 Å². The Labute approximate surface area is 665 Å². The van der Waals surface area contributed by atoms with Gasteiger partial charge in [-0.3, -0.25) is 24.0 Å². The van der Waals surface area contributed by atoms with E-state index >= 15 is 0 Å². The number of ether oxygens (including phenoxy) is 11. The number of ketones is 2. The van der Waals surface area contributed by atoms with Crippen molar-refractivity contribution in [2.75, 3.05) is 88.2 Å². The molecule has 0 bridgehead atoms.